The van der Waals surface area contributed by atoms with Gasteiger partial charge in [-0.15, -0.1) is 0 Å². The van der Waals surface area contributed by atoms with Crippen LogP contribution in [0, 0.1) is 17.8 Å². The Hall–Kier alpha value is -0.800. The van der Waals surface area contributed by atoms with Crippen LogP contribution in [-0.4, -0.2) is 5.60 Å². The second-order valence-corrected chi connectivity index (χ2v) is 6.96. The van der Waals surface area contributed by atoms with E-state index < -0.39 is 0 Å². The van der Waals surface area contributed by atoms with Gasteiger partial charge in [0.15, 0.2) is 0 Å². The van der Waals surface area contributed by atoms with Gasteiger partial charge in [-0.3, -0.25) is 0 Å². The van der Waals surface area contributed by atoms with Crippen LogP contribution in [0.2, 0.25) is 0 Å². The molecule has 0 aliphatic heterocycles. The van der Waals surface area contributed by atoms with Crippen molar-refractivity contribution in [2.24, 2.45) is 23.5 Å². The largest absolute Gasteiger partial charge is 0.468 e. The van der Waals surface area contributed by atoms with Crippen molar-refractivity contribution in [3.63, 3.8) is 0 Å². The average Bonchev–Trinajstić information content (AvgIpc) is 2.82. The van der Waals surface area contributed by atoms with Crippen LogP contribution >= 0.6 is 0 Å². The lowest BCUT2D eigenvalue weighted by Gasteiger charge is -2.56. The molecule has 0 aromatic carbocycles. The SMILES string of the molecule is NCc1occc1COC12CC3CC(CC(C3)C1)C2. The van der Waals surface area contributed by atoms with Crippen molar-refractivity contribution in [2.45, 2.75) is 57.3 Å². The predicted octanol–water partition coefficient (Wildman–Crippen LogP) is 3.22. The zero-order valence-corrected chi connectivity index (χ0v) is 11.4. The van der Waals surface area contributed by atoms with Crippen LogP contribution in [0.15, 0.2) is 16.7 Å². The van der Waals surface area contributed by atoms with Gasteiger partial charge in [-0.2, -0.15) is 0 Å². The molecule has 0 spiro atoms. The molecule has 19 heavy (non-hydrogen) atoms. The maximum atomic E-state index is 6.41. The van der Waals surface area contributed by atoms with E-state index in [1.165, 1.54) is 38.5 Å². The summed E-state index contributed by atoms with van der Waals surface area (Å²) < 4.78 is 11.8. The van der Waals surface area contributed by atoms with Crippen molar-refractivity contribution < 1.29 is 9.15 Å². The van der Waals surface area contributed by atoms with Gasteiger partial charge >= 0.3 is 0 Å². The molecule has 1 aromatic rings. The molecule has 2 N–H and O–H groups in total. The lowest BCUT2D eigenvalue weighted by Crippen LogP contribution is -2.51. The van der Waals surface area contributed by atoms with Gasteiger partial charge in [0.25, 0.3) is 0 Å². The number of hydrogen-bond acceptors (Lipinski definition) is 3. The summed E-state index contributed by atoms with van der Waals surface area (Å²) in [6.45, 7) is 1.14. The lowest BCUT2D eigenvalue weighted by atomic mass is 9.54. The van der Waals surface area contributed by atoms with Gasteiger partial charge in [-0.25, -0.2) is 0 Å². The molecule has 1 heterocycles. The molecule has 5 rings (SSSR count). The highest BCUT2D eigenvalue weighted by molar-refractivity contribution is 5.16. The molecule has 3 nitrogen and oxygen atoms in total. The molecule has 4 aliphatic rings. The molecule has 0 saturated heterocycles. The van der Waals surface area contributed by atoms with Crippen LogP contribution < -0.4 is 5.73 Å². The van der Waals surface area contributed by atoms with Crippen molar-refractivity contribution in [2.75, 3.05) is 0 Å². The number of furan rings is 1. The minimum Gasteiger partial charge on any atom is -0.468 e. The molecular formula is C16H23NO2. The third-order valence-electron chi connectivity index (χ3n) is 5.54. The summed E-state index contributed by atoms with van der Waals surface area (Å²) in [5.74, 6) is 3.68. The van der Waals surface area contributed by atoms with E-state index in [9.17, 15) is 0 Å². The van der Waals surface area contributed by atoms with E-state index in [0.717, 1.165) is 29.1 Å². The minimum absolute atomic E-state index is 0.178. The summed E-state index contributed by atoms with van der Waals surface area (Å²) in [6, 6.07) is 2.00. The fourth-order valence-electron chi connectivity index (χ4n) is 5.11. The van der Waals surface area contributed by atoms with Crippen LogP contribution in [0.25, 0.3) is 0 Å². The van der Waals surface area contributed by atoms with Gasteiger partial charge in [0, 0.05) is 5.56 Å². The first-order chi connectivity index (χ1) is 9.26. The second-order valence-electron chi connectivity index (χ2n) is 6.96. The summed E-state index contributed by atoms with van der Waals surface area (Å²) in [6.07, 6.45) is 9.96. The molecule has 4 aliphatic carbocycles. The Balaban J connectivity index is 1.48. The highest BCUT2D eigenvalue weighted by atomic mass is 16.5. The van der Waals surface area contributed by atoms with Gasteiger partial charge < -0.3 is 14.9 Å². The molecule has 4 bridgehead atoms. The van der Waals surface area contributed by atoms with Crippen molar-refractivity contribution in [3.8, 4) is 0 Å². The topological polar surface area (TPSA) is 48.4 Å². The van der Waals surface area contributed by atoms with Crippen molar-refractivity contribution in [3.05, 3.63) is 23.7 Å². The first kappa shape index (κ1) is 12.0. The Morgan fingerprint density at radius 2 is 1.79 bits per heavy atom. The first-order valence-electron chi connectivity index (χ1n) is 7.65. The van der Waals surface area contributed by atoms with Crippen LogP contribution in [0.4, 0.5) is 0 Å². The van der Waals surface area contributed by atoms with E-state index in [1.54, 1.807) is 6.26 Å². The Bertz CT molecular complexity index is 430. The first-order valence-corrected chi connectivity index (χ1v) is 7.65. The Morgan fingerprint density at radius 1 is 1.16 bits per heavy atom. The van der Waals surface area contributed by atoms with E-state index in [0.29, 0.717) is 13.2 Å². The van der Waals surface area contributed by atoms with Gasteiger partial charge in [0.1, 0.15) is 5.76 Å². The molecular weight excluding hydrogens is 238 g/mol. The highest BCUT2D eigenvalue weighted by Gasteiger charge is 2.51. The third kappa shape index (κ3) is 2.03. The molecule has 0 unspecified atom stereocenters. The number of rotatable bonds is 4. The summed E-state index contributed by atoms with van der Waals surface area (Å²) in [5, 5.41) is 0. The normalized spacial score (nSPS) is 39.9. The van der Waals surface area contributed by atoms with E-state index in [4.69, 9.17) is 14.9 Å². The van der Waals surface area contributed by atoms with Gasteiger partial charge in [0.2, 0.25) is 0 Å². The zero-order chi connectivity index (χ0) is 12.9. The van der Waals surface area contributed by atoms with Crippen LogP contribution in [0.5, 0.6) is 0 Å². The van der Waals surface area contributed by atoms with Crippen LogP contribution in [-0.2, 0) is 17.9 Å². The zero-order valence-electron chi connectivity index (χ0n) is 11.4. The summed E-state index contributed by atoms with van der Waals surface area (Å²) in [7, 11) is 0. The molecule has 4 saturated carbocycles. The van der Waals surface area contributed by atoms with E-state index in [-0.39, 0.29) is 5.60 Å². The highest BCUT2D eigenvalue weighted by Crippen LogP contribution is 2.57. The van der Waals surface area contributed by atoms with Crippen LogP contribution in [0.1, 0.15) is 49.8 Å². The quantitative estimate of drug-likeness (QED) is 0.905. The minimum atomic E-state index is 0.178. The van der Waals surface area contributed by atoms with E-state index >= 15 is 0 Å². The van der Waals surface area contributed by atoms with E-state index in [2.05, 4.69) is 0 Å². The van der Waals surface area contributed by atoms with E-state index in [1.807, 2.05) is 6.07 Å². The maximum absolute atomic E-state index is 6.41. The maximum Gasteiger partial charge on any atom is 0.122 e. The van der Waals surface area contributed by atoms with Crippen molar-refractivity contribution in [1.82, 2.24) is 0 Å². The number of nitrogens with two attached hydrogens (primary N) is 1. The smallest absolute Gasteiger partial charge is 0.122 e. The Kier molecular flexibility index (Phi) is 2.75. The molecule has 1 aromatic heterocycles. The molecule has 4 fully saturated rings. The Labute approximate surface area is 114 Å². The summed E-state index contributed by atoms with van der Waals surface area (Å²) in [5.41, 5.74) is 7.00. The molecule has 3 heteroatoms. The average molecular weight is 261 g/mol. The number of hydrogen-bond donors (Lipinski definition) is 1. The second kappa shape index (κ2) is 4.35. The molecule has 0 amide bonds. The van der Waals surface area contributed by atoms with Gasteiger partial charge in [0.05, 0.1) is 25.0 Å². The third-order valence-corrected chi connectivity index (χ3v) is 5.54. The predicted molar refractivity (Wildman–Crippen MR) is 72.3 cm³/mol. The summed E-state index contributed by atoms with van der Waals surface area (Å²) in [4.78, 5) is 0. The Morgan fingerprint density at radius 3 is 2.37 bits per heavy atom. The van der Waals surface area contributed by atoms with Gasteiger partial charge in [-0.1, -0.05) is 0 Å². The number of ether oxygens (including phenoxy) is 1. The molecule has 0 atom stereocenters. The molecule has 0 radical (unpaired) electrons. The lowest BCUT2D eigenvalue weighted by molar-refractivity contribution is -0.169. The van der Waals surface area contributed by atoms with Gasteiger partial charge in [-0.05, 0) is 62.3 Å². The standard InChI is InChI=1S/C16H23NO2/c17-9-15-14(1-2-18-15)10-19-16-6-11-3-12(7-16)5-13(4-11)8-16/h1-2,11-13H,3-10,17H2. The fraction of sp³-hybridized carbons (Fsp3) is 0.750. The van der Waals surface area contributed by atoms with Crippen molar-refractivity contribution in [1.29, 1.82) is 0 Å². The fourth-order valence-corrected chi connectivity index (χ4v) is 5.11. The van der Waals surface area contributed by atoms with Crippen LogP contribution in [0.3, 0.4) is 0 Å². The van der Waals surface area contributed by atoms with Crippen molar-refractivity contribution >= 4 is 0 Å². The molecule has 104 valence electrons. The monoisotopic (exact) mass is 261 g/mol. The summed E-state index contributed by atoms with van der Waals surface area (Å²) >= 11 is 0.